The van der Waals surface area contributed by atoms with Crippen LogP contribution in [0.2, 0.25) is 0 Å². The van der Waals surface area contributed by atoms with E-state index in [4.69, 9.17) is 4.42 Å². The number of nitrogens with zero attached hydrogens (tertiary/aromatic N) is 1. The molecule has 0 fully saturated rings. The molecule has 1 aromatic heterocycles. The number of carbonyl (C=O) groups is 2. The van der Waals surface area contributed by atoms with Crippen LogP contribution in [-0.4, -0.2) is 23.4 Å². The van der Waals surface area contributed by atoms with Gasteiger partial charge in [-0.1, -0.05) is 0 Å². The number of methoxy groups -OCH3 is 1. The van der Waals surface area contributed by atoms with Crippen LogP contribution in [0.3, 0.4) is 0 Å². The van der Waals surface area contributed by atoms with Crippen molar-refractivity contribution in [2.45, 2.75) is 13.5 Å². The van der Waals surface area contributed by atoms with Gasteiger partial charge in [0.15, 0.2) is 5.58 Å². The summed E-state index contributed by atoms with van der Waals surface area (Å²) >= 11 is 0. The molecule has 0 unspecified atom stereocenters. The number of aryl methyl sites for hydroxylation is 1. The maximum absolute atomic E-state index is 11.6. The number of ketones is 1. The minimum absolute atomic E-state index is 0.131. The largest absolute Gasteiger partial charge is 0.463 e. The molecule has 0 aliphatic heterocycles. The van der Waals surface area contributed by atoms with E-state index in [-0.39, 0.29) is 11.1 Å². The molecule has 0 saturated carbocycles. The summed E-state index contributed by atoms with van der Waals surface area (Å²) in [6.07, 6.45) is 0. The predicted octanol–water partition coefficient (Wildman–Crippen LogP) is 0.970. The Kier molecular flexibility index (Phi) is 3.01. The minimum atomic E-state index is -0.952. The van der Waals surface area contributed by atoms with Gasteiger partial charge < -0.3 is 9.15 Å². The van der Waals surface area contributed by atoms with Crippen molar-refractivity contribution >= 4 is 22.9 Å². The number of esters is 1. The van der Waals surface area contributed by atoms with Gasteiger partial charge >= 0.3 is 11.7 Å². The summed E-state index contributed by atoms with van der Waals surface area (Å²) in [5, 5.41) is 0. The molecule has 2 aromatic rings. The maximum Gasteiger partial charge on any atom is 0.419 e. The smallest absolute Gasteiger partial charge is 0.419 e. The lowest BCUT2D eigenvalue weighted by Crippen LogP contribution is -2.15. The van der Waals surface area contributed by atoms with Crippen molar-refractivity contribution in [3.8, 4) is 0 Å². The molecule has 94 valence electrons. The first-order valence-corrected chi connectivity index (χ1v) is 5.34. The van der Waals surface area contributed by atoms with Gasteiger partial charge in [0, 0.05) is 12.1 Å². The first-order chi connectivity index (χ1) is 8.58. The lowest BCUT2D eigenvalue weighted by atomic mass is 10.1. The molecule has 0 atom stereocenters. The van der Waals surface area contributed by atoms with Crippen LogP contribution in [0.1, 0.15) is 17.3 Å². The predicted molar refractivity (Wildman–Crippen MR) is 62.5 cm³/mol. The fourth-order valence-electron chi connectivity index (χ4n) is 1.72. The maximum atomic E-state index is 11.6. The zero-order valence-electron chi connectivity index (χ0n) is 9.93. The molecule has 0 spiro atoms. The third kappa shape index (κ3) is 1.81. The summed E-state index contributed by atoms with van der Waals surface area (Å²) in [7, 11) is 1.13. The van der Waals surface area contributed by atoms with Crippen LogP contribution in [0.4, 0.5) is 0 Å². The summed E-state index contributed by atoms with van der Waals surface area (Å²) in [5.41, 5.74) is 0.992. The SMILES string of the molecule is CCn1c(=O)oc2cc(C(=O)C(=O)OC)ccc21. The number of rotatable bonds is 3. The van der Waals surface area contributed by atoms with Gasteiger partial charge in [0.1, 0.15) is 0 Å². The molecule has 6 nitrogen and oxygen atoms in total. The van der Waals surface area contributed by atoms with Crippen LogP contribution in [0.15, 0.2) is 27.4 Å². The Morgan fingerprint density at radius 1 is 1.39 bits per heavy atom. The van der Waals surface area contributed by atoms with Crippen LogP contribution >= 0.6 is 0 Å². The molecule has 0 saturated heterocycles. The number of oxazole rings is 1. The Labute approximate surface area is 102 Å². The Hall–Kier alpha value is -2.37. The number of hydrogen-bond acceptors (Lipinski definition) is 5. The molecule has 0 aliphatic rings. The first-order valence-electron chi connectivity index (χ1n) is 5.34. The molecule has 0 amide bonds. The van der Waals surface area contributed by atoms with E-state index >= 15 is 0 Å². The van der Waals surface area contributed by atoms with E-state index < -0.39 is 17.5 Å². The average Bonchev–Trinajstić information content (AvgIpc) is 2.70. The van der Waals surface area contributed by atoms with E-state index in [2.05, 4.69) is 4.74 Å². The standard InChI is InChI=1S/C12H11NO5/c1-3-13-8-5-4-7(10(14)11(15)17-2)6-9(8)18-12(13)16/h4-6H,3H2,1-2H3. The van der Waals surface area contributed by atoms with Crippen LogP contribution in [0.25, 0.3) is 11.1 Å². The molecule has 1 heterocycles. The van der Waals surface area contributed by atoms with E-state index in [0.29, 0.717) is 12.1 Å². The molecule has 18 heavy (non-hydrogen) atoms. The summed E-state index contributed by atoms with van der Waals surface area (Å²) in [4.78, 5) is 34.1. The fourth-order valence-corrected chi connectivity index (χ4v) is 1.72. The number of aromatic nitrogens is 1. The van der Waals surface area contributed by atoms with Crippen molar-refractivity contribution in [1.82, 2.24) is 4.57 Å². The van der Waals surface area contributed by atoms with Crippen molar-refractivity contribution in [3.63, 3.8) is 0 Å². The van der Waals surface area contributed by atoms with E-state index in [1.807, 2.05) is 6.92 Å². The third-order valence-electron chi connectivity index (χ3n) is 2.62. The number of ether oxygens (including phenoxy) is 1. The van der Waals surface area contributed by atoms with Gasteiger partial charge in [0.2, 0.25) is 0 Å². The number of fused-ring (bicyclic) bond motifs is 1. The molecule has 0 aliphatic carbocycles. The van der Waals surface area contributed by atoms with Gasteiger partial charge in [-0.2, -0.15) is 0 Å². The van der Waals surface area contributed by atoms with Gasteiger partial charge in [0.25, 0.3) is 5.78 Å². The number of hydrogen-bond donors (Lipinski definition) is 0. The molecular weight excluding hydrogens is 238 g/mol. The van der Waals surface area contributed by atoms with Crippen molar-refractivity contribution in [2.75, 3.05) is 7.11 Å². The van der Waals surface area contributed by atoms with Gasteiger partial charge in [-0.3, -0.25) is 9.36 Å². The van der Waals surface area contributed by atoms with Crippen molar-refractivity contribution < 1.29 is 18.7 Å². The third-order valence-corrected chi connectivity index (χ3v) is 2.62. The van der Waals surface area contributed by atoms with Crippen LogP contribution in [0.5, 0.6) is 0 Å². The molecule has 0 bridgehead atoms. The molecule has 0 N–H and O–H groups in total. The number of Topliss-reactive ketones (excluding diaryl/α,β-unsaturated/α-hetero) is 1. The highest BCUT2D eigenvalue weighted by atomic mass is 16.5. The zero-order chi connectivity index (χ0) is 13.3. The lowest BCUT2D eigenvalue weighted by molar-refractivity contribution is -0.135. The molecule has 1 aromatic carbocycles. The number of benzene rings is 1. The Balaban J connectivity index is 2.55. The zero-order valence-corrected chi connectivity index (χ0v) is 9.93. The molecule has 6 heteroatoms. The van der Waals surface area contributed by atoms with Crippen molar-refractivity contribution in [1.29, 1.82) is 0 Å². The van der Waals surface area contributed by atoms with E-state index in [1.165, 1.54) is 16.7 Å². The van der Waals surface area contributed by atoms with Gasteiger partial charge in [-0.15, -0.1) is 0 Å². The normalized spacial score (nSPS) is 10.6. The molecule has 2 rings (SSSR count). The summed E-state index contributed by atoms with van der Waals surface area (Å²) in [6, 6.07) is 4.39. The summed E-state index contributed by atoms with van der Waals surface area (Å²) < 4.78 is 10.8. The van der Waals surface area contributed by atoms with Crippen LogP contribution in [-0.2, 0) is 16.1 Å². The van der Waals surface area contributed by atoms with Gasteiger partial charge in [-0.05, 0) is 25.1 Å². The number of carbonyl (C=O) groups excluding carboxylic acids is 2. The van der Waals surface area contributed by atoms with Crippen molar-refractivity contribution in [3.05, 3.63) is 34.3 Å². The minimum Gasteiger partial charge on any atom is -0.463 e. The highest BCUT2D eigenvalue weighted by Gasteiger charge is 2.18. The second-order valence-corrected chi connectivity index (χ2v) is 3.62. The lowest BCUT2D eigenvalue weighted by Gasteiger charge is -1.99. The topological polar surface area (TPSA) is 78.5 Å². The molecular formula is C12H11NO5. The first kappa shape index (κ1) is 12.1. The van der Waals surface area contributed by atoms with Crippen LogP contribution < -0.4 is 5.76 Å². The summed E-state index contributed by atoms with van der Waals surface area (Å²) in [6.45, 7) is 2.28. The van der Waals surface area contributed by atoms with E-state index in [1.54, 1.807) is 6.07 Å². The second-order valence-electron chi connectivity index (χ2n) is 3.62. The monoisotopic (exact) mass is 249 g/mol. The average molecular weight is 249 g/mol. The Morgan fingerprint density at radius 2 is 2.11 bits per heavy atom. The highest BCUT2D eigenvalue weighted by molar-refractivity contribution is 6.40. The quantitative estimate of drug-likeness (QED) is 0.460. The highest BCUT2D eigenvalue weighted by Crippen LogP contribution is 2.15. The Bertz CT molecular complexity index is 679. The molecule has 0 radical (unpaired) electrons. The second kappa shape index (κ2) is 4.48. The fraction of sp³-hybridized carbons (Fsp3) is 0.250. The van der Waals surface area contributed by atoms with Gasteiger partial charge in [-0.25, -0.2) is 9.59 Å². The van der Waals surface area contributed by atoms with E-state index in [9.17, 15) is 14.4 Å². The Morgan fingerprint density at radius 3 is 2.72 bits per heavy atom. The van der Waals surface area contributed by atoms with Gasteiger partial charge in [0.05, 0.1) is 12.6 Å². The summed E-state index contributed by atoms with van der Waals surface area (Å²) in [5.74, 6) is -2.21. The van der Waals surface area contributed by atoms with Crippen molar-refractivity contribution in [2.24, 2.45) is 0 Å². The van der Waals surface area contributed by atoms with Crippen LogP contribution in [0, 0.1) is 0 Å². The van der Waals surface area contributed by atoms with E-state index in [0.717, 1.165) is 7.11 Å².